The normalized spacial score (nSPS) is 16.5. The van der Waals surface area contributed by atoms with Gasteiger partial charge in [0.1, 0.15) is 0 Å². The van der Waals surface area contributed by atoms with Crippen molar-refractivity contribution in [2.45, 2.75) is 33.7 Å². The number of allylic oxidation sites excluding steroid dienone is 3. The second-order valence-corrected chi connectivity index (χ2v) is 8.41. The van der Waals surface area contributed by atoms with Gasteiger partial charge in [-0.1, -0.05) is 60.7 Å². The van der Waals surface area contributed by atoms with Crippen LogP contribution >= 0.6 is 20.2 Å². The molecule has 1 heterocycles. The monoisotopic (exact) mass is 468 g/mol. The summed E-state index contributed by atoms with van der Waals surface area (Å²) in [7, 11) is 9.53. The summed E-state index contributed by atoms with van der Waals surface area (Å²) >= 11 is 0.194. The van der Waals surface area contributed by atoms with Crippen molar-refractivity contribution in [1.82, 2.24) is 0 Å². The number of halogens is 2. The fourth-order valence-corrected chi connectivity index (χ4v) is 2.81. The molecule has 0 radical (unpaired) electrons. The van der Waals surface area contributed by atoms with Gasteiger partial charge in [0.15, 0.2) is 0 Å². The third-order valence-electron chi connectivity index (χ3n) is 4.44. The first-order valence-electron chi connectivity index (χ1n) is 9.13. The van der Waals surface area contributed by atoms with Gasteiger partial charge in [0, 0.05) is 11.4 Å². The van der Waals surface area contributed by atoms with Gasteiger partial charge in [-0.15, -0.1) is 5.70 Å². The molecule has 1 aliphatic heterocycles. The zero-order valence-electron chi connectivity index (χ0n) is 16.9. The van der Waals surface area contributed by atoms with Crippen LogP contribution in [0.3, 0.4) is 0 Å². The molecule has 153 valence electrons. The molecule has 2 aromatic carbocycles. The number of rotatable bonds is 4. The van der Waals surface area contributed by atoms with E-state index in [0.29, 0.717) is 0 Å². The summed E-state index contributed by atoms with van der Waals surface area (Å²) in [4.78, 5) is 9.53. The summed E-state index contributed by atoms with van der Waals surface area (Å²) < 4.78 is 0. The van der Waals surface area contributed by atoms with E-state index in [-0.39, 0.29) is 19.2 Å². The Morgan fingerprint density at radius 2 is 1.41 bits per heavy atom. The van der Waals surface area contributed by atoms with Crippen LogP contribution in [0, 0.1) is 13.8 Å². The van der Waals surface area contributed by atoms with Crippen LogP contribution in [0.15, 0.2) is 82.4 Å². The van der Waals surface area contributed by atoms with Crippen molar-refractivity contribution in [2.24, 2.45) is 9.98 Å². The van der Waals surface area contributed by atoms with E-state index in [4.69, 9.17) is 35.5 Å². The second-order valence-electron chi connectivity index (χ2n) is 6.58. The standard InChI is InChI=1S/C23H24N3.2ClH.Fe/c1-16-10-5-7-12-20(16)24-18(3)22-14-9-15-23(26-22)19(4)25-21-13-8-6-11-17(21)2;;;/h5-15,22H,1-4H3;2*1H;/q-1;;;+3/p-2. The number of nitrogens with zero attached hydrogens (tertiary/aromatic N) is 3. The molecule has 1 aliphatic rings. The zero-order valence-corrected chi connectivity index (χ0v) is 19.5. The van der Waals surface area contributed by atoms with Gasteiger partial charge in [0.25, 0.3) is 0 Å². The maximum absolute atomic E-state index is 4.85. The summed E-state index contributed by atoms with van der Waals surface area (Å²) in [6, 6.07) is 16.2. The second kappa shape index (κ2) is 12.0. The molecule has 3 rings (SSSR count). The Balaban J connectivity index is 0.000000941. The number of benzene rings is 2. The van der Waals surface area contributed by atoms with Crippen molar-refractivity contribution in [3.63, 3.8) is 0 Å². The Hall–Kier alpha value is -1.84. The summed E-state index contributed by atoms with van der Waals surface area (Å²) in [5.41, 5.74) is 7.10. The first-order valence-corrected chi connectivity index (χ1v) is 12.2. The Morgan fingerprint density at radius 3 is 1.97 bits per heavy atom. The van der Waals surface area contributed by atoms with E-state index < -0.39 is 0 Å². The van der Waals surface area contributed by atoms with Crippen molar-refractivity contribution in [2.75, 3.05) is 0 Å². The van der Waals surface area contributed by atoms with Crippen molar-refractivity contribution < 1.29 is 13.1 Å². The quantitative estimate of drug-likeness (QED) is 0.324. The molecule has 0 saturated carbocycles. The van der Waals surface area contributed by atoms with Crippen LogP contribution in [0.1, 0.15) is 25.0 Å². The number of aliphatic imine (C=N–C) groups is 2. The van der Waals surface area contributed by atoms with Crippen molar-refractivity contribution in [3.8, 4) is 0 Å². The summed E-state index contributed by atoms with van der Waals surface area (Å²) in [6.45, 7) is 8.18. The molecule has 0 spiro atoms. The first kappa shape index (κ1) is 23.4. The molecule has 6 heteroatoms. The van der Waals surface area contributed by atoms with Gasteiger partial charge in [0.05, 0.1) is 11.4 Å². The summed E-state index contributed by atoms with van der Waals surface area (Å²) in [6.07, 6.45) is 6.12. The predicted octanol–water partition coefficient (Wildman–Crippen LogP) is 7.76. The molecule has 2 aromatic rings. The summed E-state index contributed by atoms with van der Waals surface area (Å²) in [5, 5.41) is 4.85. The Kier molecular flexibility index (Phi) is 9.69. The predicted molar refractivity (Wildman–Crippen MR) is 124 cm³/mol. The zero-order chi connectivity index (χ0) is 21.2. The molecule has 0 aliphatic carbocycles. The van der Waals surface area contributed by atoms with Crippen LogP contribution < -0.4 is 0 Å². The third kappa shape index (κ3) is 7.17. The van der Waals surface area contributed by atoms with Gasteiger partial charge in [-0.25, -0.2) is 0 Å². The topological polar surface area (TPSA) is 38.8 Å². The molecule has 0 aromatic heterocycles. The third-order valence-corrected chi connectivity index (χ3v) is 4.44. The van der Waals surface area contributed by atoms with Crippen LogP contribution in [-0.2, 0) is 13.1 Å². The Bertz CT molecular complexity index is 949. The maximum atomic E-state index is 4.85. The number of hydrogen-bond acceptors (Lipinski definition) is 2. The molecule has 1 atom stereocenters. The molecule has 1 unspecified atom stereocenters. The average Bonchev–Trinajstić information content (AvgIpc) is 2.72. The van der Waals surface area contributed by atoms with Gasteiger partial charge in [-0.3, -0.25) is 9.98 Å². The molecule has 0 fully saturated rings. The van der Waals surface area contributed by atoms with E-state index >= 15 is 0 Å². The molecular weight excluding hydrogens is 445 g/mol. The van der Waals surface area contributed by atoms with Crippen LogP contribution in [0.2, 0.25) is 0 Å². The van der Waals surface area contributed by atoms with E-state index in [1.54, 1.807) is 0 Å². The summed E-state index contributed by atoms with van der Waals surface area (Å²) in [5.74, 6) is 0. The van der Waals surface area contributed by atoms with Gasteiger partial charge in [-0.05, 0) is 51.0 Å². The Morgan fingerprint density at radius 1 is 0.897 bits per heavy atom. The Labute approximate surface area is 188 Å². The van der Waals surface area contributed by atoms with Gasteiger partial charge < -0.3 is 5.32 Å². The number of hydrogen-bond donors (Lipinski definition) is 0. The SMILES string of the molecule is CC(=Nc1ccccc1C)C1=CC=CC(C(C)=Nc2ccccc2C)[N-]1.[Cl][Fe+][Cl]. The van der Waals surface area contributed by atoms with E-state index in [0.717, 1.165) is 34.1 Å². The van der Waals surface area contributed by atoms with Crippen molar-refractivity contribution in [3.05, 3.63) is 88.9 Å². The minimum atomic E-state index is -0.0587. The average molecular weight is 469 g/mol. The molecular formula is C23H24Cl2FeN3. The van der Waals surface area contributed by atoms with Gasteiger partial charge in [0.2, 0.25) is 0 Å². The van der Waals surface area contributed by atoms with Crippen LogP contribution in [0.25, 0.3) is 5.32 Å². The molecule has 0 N–H and O–H groups in total. The molecule has 0 amide bonds. The minimum absolute atomic E-state index is 0.0587. The number of para-hydroxylation sites is 2. The van der Waals surface area contributed by atoms with Gasteiger partial charge >= 0.3 is 33.3 Å². The molecule has 0 bridgehead atoms. The van der Waals surface area contributed by atoms with E-state index in [9.17, 15) is 0 Å². The molecule has 3 nitrogen and oxygen atoms in total. The van der Waals surface area contributed by atoms with Crippen molar-refractivity contribution >= 4 is 43.0 Å². The van der Waals surface area contributed by atoms with E-state index in [1.165, 1.54) is 5.56 Å². The molecule has 29 heavy (non-hydrogen) atoms. The van der Waals surface area contributed by atoms with Gasteiger partial charge in [-0.2, -0.15) is 0 Å². The molecule has 0 saturated heterocycles. The first-order chi connectivity index (χ1) is 14.0. The van der Waals surface area contributed by atoms with E-state index in [1.807, 2.05) is 62.4 Å². The van der Waals surface area contributed by atoms with E-state index in [2.05, 4.69) is 32.1 Å². The van der Waals surface area contributed by atoms with Crippen molar-refractivity contribution in [1.29, 1.82) is 0 Å². The fourth-order valence-electron chi connectivity index (χ4n) is 2.81. The fraction of sp³-hybridized carbons (Fsp3) is 0.217. The number of aryl methyl sites for hydroxylation is 2. The van der Waals surface area contributed by atoms with Crippen LogP contribution in [0.4, 0.5) is 11.4 Å². The van der Waals surface area contributed by atoms with Crippen LogP contribution in [0.5, 0.6) is 0 Å². The van der Waals surface area contributed by atoms with Crippen LogP contribution in [-0.4, -0.2) is 17.5 Å².